The standard InChI is InChI=1S/C34H51N4O3/c1-35(26-29-8-14-32(39-5)15-9-29)20-22-37(23-21-36(2)27-30-10-16-33(40-6)17-11-30)24-25-38(3,4)28-31-12-18-34(41-7)19-13-31/h8-19H,20-28H2,1-7H3/q+1. The van der Waals surface area contributed by atoms with Crippen molar-refractivity contribution in [2.24, 2.45) is 0 Å². The average Bonchev–Trinajstić information content (AvgIpc) is 2.97. The maximum absolute atomic E-state index is 5.34. The summed E-state index contributed by atoms with van der Waals surface area (Å²) in [6.45, 7) is 9.07. The Bertz CT molecular complexity index is 1070. The molecule has 0 saturated heterocycles. The maximum atomic E-state index is 5.34. The lowest BCUT2D eigenvalue weighted by Gasteiger charge is -2.34. The van der Waals surface area contributed by atoms with Gasteiger partial charge in [0.2, 0.25) is 0 Å². The van der Waals surface area contributed by atoms with Crippen molar-refractivity contribution >= 4 is 0 Å². The van der Waals surface area contributed by atoms with Crippen LogP contribution in [-0.4, -0.2) is 108 Å². The maximum Gasteiger partial charge on any atom is 0.118 e. The van der Waals surface area contributed by atoms with Crippen molar-refractivity contribution in [3.05, 3.63) is 89.5 Å². The Morgan fingerprint density at radius 1 is 0.512 bits per heavy atom. The lowest BCUT2D eigenvalue weighted by molar-refractivity contribution is -0.903. The van der Waals surface area contributed by atoms with Crippen LogP contribution >= 0.6 is 0 Å². The molecular weight excluding hydrogens is 512 g/mol. The Hall–Kier alpha value is -3.10. The van der Waals surface area contributed by atoms with Gasteiger partial charge in [-0.1, -0.05) is 24.3 Å². The van der Waals surface area contributed by atoms with Crippen molar-refractivity contribution in [1.82, 2.24) is 14.7 Å². The topological polar surface area (TPSA) is 37.4 Å². The number of hydrogen-bond donors (Lipinski definition) is 0. The summed E-state index contributed by atoms with van der Waals surface area (Å²) < 4.78 is 16.9. The van der Waals surface area contributed by atoms with Crippen molar-refractivity contribution < 1.29 is 18.7 Å². The molecule has 224 valence electrons. The van der Waals surface area contributed by atoms with E-state index in [4.69, 9.17) is 14.2 Å². The van der Waals surface area contributed by atoms with E-state index in [1.54, 1.807) is 21.3 Å². The van der Waals surface area contributed by atoms with Gasteiger partial charge in [0.15, 0.2) is 0 Å². The molecule has 7 nitrogen and oxygen atoms in total. The van der Waals surface area contributed by atoms with Crippen LogP contribution in [0.15, 0.2) is 72.8 Å². The predicted molar refractivity (Wildman–Crippen MR) is 169 cm³/mol. The Morgan fingerprint density at radius 2 is 0.878 bits per heavy atom. The van der Waals surface area contributed by atoms with Crippen LogP contribution in [0.3, 0.4) is 0 Å². The Morgan fingerprint density at radius 3 is 1.24 bits per heavy atom. The van der Waals surface area contributed by atoms with Gasteiger partial charge in [0.05, 0.1) is 42.0 Å². The van der Waals surface area contributed by atoms with Crippen molar-refractivity contribution in [3.8, 4) is 17.2 Å². The molecule has 0 aliphatic carbocycles. The second-order valence-corrected chi connectivity index (χ2v) is 11.7. The van der Waals surface area contributed by atoms with Gasteiger partial charge in [0.1, 0.15) is 23.8 Å². The second kappa shape index (κ2) is 16.4. The summed E-state index contributed by atoms with van der Waals surface area (Å²) in [7, 11) is 14.2. The van der Waals surface area contributed by atoms with Crippen molar-refractivity contribution in [2.45, 2.75) is 19.6 Å². The lowest BCUT2D eigenvalue weighted by atomic mass is 10.2. The second-order valence-electron chi connectivity index (χ2n) is 11.7. The van der Waals surface area contributed by atoms with E-state index >= 15 is 0 Å². The number of rotatable bonds is 18. The molecule has 0 heterocycles. The number of quaternary nitrogens is 1. The third-order valence-corrected chi connectivity index (χ3v) is 7.61. The van der Waals surface area contributed by atoms with Gasteiger partial charge in [-0.05, 0) is 73.8 Å². The first-order chi connectivity index (χ1) is 19.7. The zero-order valence-corrected chi connectivity index (χ0v) is 26.3. The highest BCUT2D eigenvalue weighted by molar-refractivity contribution is 5.28. The molecule has 0 aliphatic heterocycles. The first kappa shape index (κ1) is 32.4. The largest absolute Gasteiger partial charge is 0.497 e. The number of likely N-dealkylation sites (N-methyl/N-ethyl adjacent to an activating group) is 3. The van der Waals surface area contributed by atoms with Crippen LogP contribution in [0.2, 0.25) is 0 Å². The average molecular weight is 564 g/mol. The quantitative estimate of drug-likeness (QED) is 0.206. The fourth-order valence-corrected chi connectivity index (χ4v) is 4.92. The van der Waals surface area contributed by atoms with E-state index in [2.05, 4.69) is 91.4 Å². The minimum Gasteiger partial charge on any atom is -0.497 e. The highest BCUT2D eigenvalue weighted by atomic mass is 16.5. The van der Waals surface area contributed by atoms with Gasteiger partial charge >= 0.3 is 0 Å². The van der Waals surface area contributed by atoms with E-state index < -0.39 is 0 Å². The Labute approximate surface area is 248 Å². The van der Waals surface area contributed by atoms with Crippen LogP contribution in [0.4, 0.5) is 0 Å². The molecule has 0 spiro atoms. The van der Waals surface area contributed by atoms with Gasteiger partial charge < -0.3 is 28.5 Å². The van der Waals surface area contributed by atoms with E-state index in [9.17, 15) is 0 Å². The minimum absolute atomic E-state index is 0.900. The van der Waals surface area contributed by atoms with E-state index in [0.29, 0.717) is 0 Å². The molecule has 0 N–H and O–H groups in total. The molecule has 41 heavy (non-hydrogen) atoms. The van der Waals surface area contributed by atoms with Gasteiger partial charge in [-0.15, -0.1) is 0 Å². The third-order valence-electron chi connectivity index (χ3n) is 7.61. The number of hydrogen-bond acceptors (Lipinski definition) is 6. The molecule has 0 saturated carbocycles. The van der Waals surface area contributed by atoms with Gasteiger partial charge in [0, 0.05) is 51.4 Å². The van der Waals surface area contributed by atoms with Crippen molar-refractivity contribution in [2.75, 3.05) is 88.8 Å². The summed E-state index contributed by atoms with van der Waals surface area (Å²) in [6, 6.07) is 25.2. The zero-order valence-electron chi connectivity index (χ0n) is 26.3. The van der Waals surface area contributed by atoms with Gasteiger partial charge in [0.25, 0.3) is 0 Å². The van der Waals surface area contributed by atoms with E-state index in [0.717, 1.165) is 80.6 Å². The Balaban J connectivity index is 1.56. The summed E-state index contributed by atoms with van der Waals surface area (Å²) in [5.41, 5.74) is 3.94. The number of benzene rings is 3. The molecule has 0 aromatic heterocycles. The van der Waals surface area contributed by atoms with E-state index in [1.807, 2.05) is 24.3 Å². The van der Waals surface area contributed by atoms with Crippen molar-refractivity contribution in [3.63, 3.8) is 0 Å². The van der Waals surface area contributed by atoms with Crippen LogP contribution in [-0.2, 0) is 19.6 Å². The van der Waals surface area contributed by atoms with Gasteiger partial charge in [-0.2, -0.15) is 0 Å². The molecule has 0 fully saturated rings. The van der Waals surface area contributed by atoms with Gasteiger partial charge in [-0.25, -0.2) is 0 Å². The summed E-state index contributed by atoms with van der Waals surface area (Å²) in [4.78, 5) is 7.45. The van der Waals surface area contributed by atoms with Gasteiger partial charge in [-0.3, -0.25) is 4.90 Å². The van der Waals surface area contributed by atoms with Crippen LogP contribution < -0.4 is 14.2 Å². The lowest BCUT2D eigenvalue weighted by Crippen LogP contribution is -2.47. The molecule has 7 heteroatoms. The third kappa shape index (κ3) is 11.7. The smallest absolute Gasteiger partial charge is 0.118 e. The van der Waals surface area contributed by atoms with Crippen LogP contribution in [0.1, 0.15) is 16.7 Å². The van der Waals surface area contributed by atoms with E-state index in [-0.39, 0.29) is 0 Å². The fourth-order valence-electron chi connectivity index (χ4n) is 4.92. The SMILES string of the molecule is COc1ccc(CN(C)CCN(CCN(C)Cc2ccc(OC)cc2)CC[N+](C)(C)Cc2ccc(OC)cc2)cc1. The van der Waals surface area contributed by atoms with Crippen LogP contribution in [0.25, 0.3) is 0 Å². The predicted octanol–water partition coefficient (Wildman–Crippen LogP) is 4.85. The highest BCUT2D eigenvalue weighted by Crippen LogP contribution is 2.16. The Kier molecular flexibility index (Phi) is 12.9. The molecule has 0 atom stereocenters. The summed E-state index contributed by atoms with van der Waals surface area (Å²) in [5, 5.41) is 0. The minimum atomic E-state index is 0.900. The highest BCUT2D eigenvalue weighted by Gasteiger charge is 2.19. The molecule has 0 unspecified atom stereocenters. The number of ether oxygens (including phenoxy) is 3. The molecule has 3 rings (SSSR count). The number of nitrogens with zero attached hydrogens (tertiary/aromatic N) is 4. The molecule has 0 radical (unpaired) electrons. The molecule has 0 aliphatic rings. The first-order valence-electron chi connectivity index (χ1n) is 14.5. The normalized spacial score (nSPS) is 11.9. The van der Waals surface area contributed by atoms with Crippen LogP contribution in [0.5, 0.6) is 17.2 Å². The fraction of sp³-hybridized carbons (Fsp3) is 0.471. The first-order valence-corrected chi connectivity index (χ1v) is 14.5. The van der Waals surface area contributed by atoms with Crippen LogP contribution in [0, 0.1) is 0 Å². The number of methoxy groups -OCH3 is 3. The summed E-state index contributed by atoms with van der Waals surface area (Å²) in [5.74, 6) is 2.70. The monoisotopic (exact) mass is 563 g/mol. The molecule has 0 amide bonds. The summed E-state index contributed by atoms with van der Waals surface area (Å²) in [6.07, 6.45) is 0. The van der Waals surface area contributed by atoms with Crippen molar-refractivity contribution in [1.29, 1.82) is 0 Å². The van der Waals surface area contributed by atoms with E-state index in [1.165, 1.54) is 16.7 Å². The molecule has 0 bridgehead atoms. The molecular formula is C34H51N4O3+. The molecule has 3 aromatic rings. The summed E-state index contributed by atoms with van der Waals surface area (Å²) >= 11 is 0. The molecule has 3 aromatic carbocycles. The zero-order chi connectivity index (χ0) is 29.7.